The maximum Gasteiger partial charge on any atom is 0.143 e. The topological polar surface area (TPSA) is 92.8 Å². The zero-order valence-corrected chi connectivity index (χ0v) is 12.0. The van der Waals surface area contributed by atoms with Crippen LogP contribution in [0.3, 0.4) is 0 Å². The van der Waals surface area contributed by atoms with E-state index in [9.17, 15) is 0 Å². The number of nitrogens with two attached hydrogens (primary N) is 1. The Morgan fingerprint density at radius 2 is 2.29 bits per heavy atom. The number of hydrogen-bond donors (Lipinski definition) is 3. The van der Waals surface area contributed by atoms with Crippen molar-refractivity contribution >= 4 is 16.9 Å². The third-order valence-corrected chi connectivity index (χ3v) is 3.33. The molecule has 0 unspecified atom stereocenters. The quantitative estimate of drug-likeness (QED) is 0.646. The Labute approximate surface area is 122 Å². The SMILES string of the molecule is CCc1nc(NCc2ccco2)c2cc(CCN)[nH]c2n1. The van der Waals surface area contributed by atoms with E-state index in [1.165, 1.54) is 0 Å². The van der Waals surface area contributed by atoms with Crippen LogP contribution in [-0.4, -0.2) is 21.5 Å². The molecule has 3 aromatic heterocycles. The number of nitrogens with one attached hydrogen (secondary N) is 2. The molecule has 110 valence electrons. The molecule has 0 aliphatic heterocycles. The van der Waals surface area contributed by atoms with E-state index in [0.717, 1.165) is 47.0 Å². The first-order chi connectivity index (χ1) is 10.3. The molecule has 0 radical (unpaired) electrons. The van der Waals surface area contributed by atoms with Gasteiger partial charge in [-0.15, -0.1) is 0 Å². The van der Waals surface area contributed by atoms with Crippen molar-refractivity contribution in [3.8, 4) is 0 Å². The molecule has 0 aromatic carbocycles. The highest BCUT2D eigenvalue weighted by molar-refractivity contribution is 5.87. The van der Waals surface area contributed by atoms with Crippen molar-refractivity contribution in [1.29, 1.82) is 0 Å². The maximum atomic E-state index is 5.62. The molecule has 3 heterocycles. The third-order valence-electron chi connectivity index (χ3n) is 3.33. The molecule has 21 heavy (non-hydrogen) atoms. The monoisotopic (exact) mass is 285 g/mol. The maximum absolute atomic E-state index is 5.62. The number of aromatic nitrogens is 3. The van der Waals surface area contributed by atoms with Crippen molar-refractivity contribution in [2.75, 3.05) is 11.9 Å². The lowest BCUT2D eigenvalue weighted by atomic mass is 10.2. The van der Waals surface area contributed by atoms with E-state index in [1.807, 2.05) is 19.1 Å². The summed E-state index contributed by atoms with van der Waals surface area (Å²) in [6, 6.07) is 5.87. The number of rotatable bonds is 6. The highest BCUT2D eigenvalue weighted by Crippen LogP contribution is 2.22. The lowest BCUT2D eigenvalue weighted by Gasteiger charge is -2.06. The smallest absolute Gasteiger partial charge is 0.143 e. The molecule has 0 aliphatic carbocycles. The Morgan fingerprint density at radius 3 is 3.00 bits per heavy atom. The molecule has 0 saturated carbocycles. The molecule has 3 rings (SSSR count). The van der Waals surface area contributed by atoms with Crippen LogP contribution in [0.25, 0.3) is 11.0 Å². The summed E-state index contributed by atoms with van der Waals surface area (Å²) in [4.78, 5) is 12.4. The van der Waals surface area contributed by atoms with E-state index in [2.05, 4.69) is 26.3 Å². The number of aryl methyl sites for hydroxylation is 1. The molecule has 0 spiro atoms. The molecular weight excluding hydrogens is 266 g/mol. The van der Waals surface area contributed by atoms with Gasteiger partial charge in [0.05, 0.1) is 18.2 Å². The second kappa shape index (κ2) is 5.97. The van der Waals surface area contributed by atoms with Crippen LogP contribution in [0.15, 0.2) is 28.9 Å². The second-order valence-corrected chi connectivity index (χ2v) is 4.87. The molecule has 6 nitrogen and oxygen atoms in total. The Hall–Kier alpha value is -2.34. The van der Waals surface area contributed by atoms with Gasteiger partial charge in [-0.05, 0) is 31.2 Å². The Bertz CT molecular complexity index is 717. The van der Waals surface area contributed by atoms with E-state index in [0.29, 0.717) is 13.1 Å². The van der Waals surface area contributed by atoms with Crippen molar-refractivity contribution in [2.45, 2.75) is 26.3 Å². The summed E-state index contributed by atoms with van der Waals surface area (Å²) in [7, 11) is 0. The van der Waals surface area contributed by atoms with Crippen molar-refractivity contribution in [3.05, 3.63) is 41.7 Å². The number of hydrogen-bond acceptors (Lipinski definition) is 5. The number of nitrogens with zero attached hydrogens (tertiary/aromatic N) is 2. The Balaban J connectivity index is 1.93. The summed E-state index contributed by atoms with van der Waals surface area (Å²) in [6.07, 6.45) is 3.26. The van der Waals surface area contributed by atoms with Crippen LogP contribution in [0.4, 0.5) is 5.82 Å². The van der Waals surface area contributed by atoms with Gasteiger partial charge in [-0.1, -0.05) is 6.92 Å². The van der Waals surface area contributed by atoms with E-state index < -0.39 is 0 Å². The highest BCUT2D eigenvalue weighted by atomic mass is 16.3. The van der Waals surface area contributed by atoms with Crippen LogP contribution >= 0.6 is 0 Å². The minimum atomic E-state index is 0.597. The van der Waals surface area contributed by atoms with Gasteiger partial charge >= 0.3 is 0 Å². The molecule has 0 aliphatic rings. The first-order valence-electron chi connectivity index (χ1n) is 7.15. The summed E-state index contributed by atoms with van der Waals surface area (Å²) in [5.41, 5.74) is 7.55. The van der Waals surface area contributed by atoms with Gasteiger partial charge in [0.25, 0.3) is 0 Å². The van der Waals surface area contributed by atoms with Gasteiger partial charge in [-0.25, -0.2) is 9.97 Å². The fraction of sp³-hybridized carbons (Fsp3) is 0.333. The summed E-state index contributed by atoms with van der Waals surface area (Å²) < 4.78 is 5.34. The first-order valence-corrected chi connectivity index (χ1v) is 7.15. The predicted molar refractivity (Wildman–Crippen MR) is 82.1 cm³/mol. The normalized spacial score (nSPS) is 11.1. The lowest BCUT2D eigenvalue weighted by Crippen LogP contribution is -2.04. The lowest BCUT2D eigenvalue weighted by molar-refractivity contribution is 0.518. The van der Waals surface area contributed by atoms with E-state index >= 15 is 0 Å². The number of furan rings is 1. The Morgan fingerprint density at radius 1 is 1.38 bits per heavy atom. The molecule has 3 aromatic rings. The largest absolute Gasteiger partial charge is 0.467 e. The second-order valence-electron chi connectivity index (χ2n) is 4.87. The highest BCUT2D eigenvalue weighted by Gasteiger charge is 2.10. The minimum Gasteiger partial charge on any atom is -0.467 e. The molecule has 6 heteroatoms. The van der Waals surface area contributed by atoms with Crippen molar-refractivity contribution in [3.63, 3.8) is 0 Å². The Kier molecular flexibility index (Phi) is 3.87. The number of aromatic amines is 1. The van der Waals surface area contributed by atoms with Gasteiger partial charge in [0, 0.05) is 12.1 Å². The summed E-state index contributed by atoms with van der Waals surface area (Å²) >= 11 is 0. The number of anilines is 1. The first kappa shape index (κ1) is 13.6. The van der Waals surface area contributed by atoms with E-state index in [-0.39, 0.29) is 0 Å². The van der Waals surface area contributed by atoms with Gasteiger partial charge in [-0.2, -0.15) is 0 Å². The van der Waals surface area contributed by atoms with Gasteiger partial charge in [-0.3, -0.25) is 0 Å². The summed E-state index contributed by atoms with van der Waals surface area (Å²) in [5.74, 6) is 2.51. The molecule has 0 fully saturated rings. The van der Waals surface area contributed by atoms with Crippen LogP contribution in [0, 0.1) is 0 Å². The van der Waals surface area contributed by atoms with Gasteiger partial charge in [0.2, 0.25) is 0 Å². The molecular formula is C15H19N5O. The van der Waals surface area contributed by atoms with Gasteiger partial charge in [0.15, 0.2) is 0 Å². The standard InChI is InChI=1S/C15H19N5O/c1-2-13-19-14(17-9-11-4-3-7-21-11)12-8-10(5-6-16)18-15(12)20-13/h3-4,7-8H,2,5-6,9,16H2,1H3,(H2,17,18,19,20). The average Bonchev–Trinajstić information content (AvgIpc) is 3.13. The van der Waals surface area contributed by atoms with E-state index in [4.69, 9.17) is 10.2 Å². The van der Waals surface area contributed by atoms with Crippen LogP contribution in [-0.2, 0) is 19.4 Å². The van der Waals surface area contributed by atoms with Crippen LogP contribution < -0.4 is 11.1 Å². The van der Waals surface area contributed by atoms with E-state index in [1.54, 1.807) is 6.26 Å². The summed E-state index contributed by atoms with van der Waals surface area (Å²) in [6.45, 7) is 3.25. The molecule has 0 saturated heterocycles. The van der Waals surface area contributed by atoms with Crippen molar-refractivity contribution in [1.82, 2.24) is 15.0 Å². The van der Waals surface area contributed by atoms with Crippen LogP contribution in [0.1, 0.15) is 24.2 Å². The van der Waals surface area contributed by atoms with Crippen molar-refractivity contribution in [2.24, 2.45) is 5.73 Å². The molecule has 0 bridgehead atoms. The van der Waals surface area contributed by atoms with Gasteiger partial charge < -0.3 is 20.5 Å². The predicted octanol–water partition coefficient (Wildman–Crippen LogP) is 2.23. The van der Waals surface area contributed by atoms with Gasteiger partial charge in [0.1, 0.15) is 23.0 Å². The fourth-order valence-corrected chi connectivity index (χ4v) is 2.28. The number of H-pyrrole nitrogens is 1. The van der Waals surface area contributed by atoms with Crippen molar-refractivity contribution < 1.29 is 4.42 Å². The zero-order chi connectivity index (χ0) is 14.7. The number of fused-ring (bicyclic) bond motifs is 1. The molecule has 4 N–H and O–H groups in total. The third kappa shape index (κ3) is 2.90. The van der Waals surface area contributed by atoms with Crippen LogP contribution in [0.2, 0.25) is 0 Å². The minimum absolute atomic E-state index is 0.597. The van der Waals surface area contributed by atoms with Crippen LogP contribution in [0.5, 0.6) is 0 Å². The average molecular weight is 285 g/mol. The zero-order valence-electron chi connectivity index (χ0n) is 12.0. The fourth-order valence-electron chi connectivity index (χ4n) is 2.28. The summed E-state index contributed by atoms with van der Waals surface area (Å²) in [5, 5.41) is 4.31. The molecule has 0 atom stereocenters. The molecule has 0 amide bonds.